The molecule has 1 saturated heterocycles. The molecule has 0 radical (unpaired) electrons. The van der Waals surface area contributed by atoms with Crippen molar-refractivity contribution in [2.75, 3.05) is 11.9 Å². The summed E-state index contributed by atoms with van der Waals surface area (Å²) in [7, 11) is 0. The van der Waals surface area contributed by atoms with Crippen molar-refractivity contribution < 1.29 is 14.4 Å². The van der Waals surface area contributed by atoms with Gasteiger partial charge in [-0.1, -0.05) is 36.0 Å². The Kier molecular flexibility index (Phi) is 5.20. The highest BCUT2D eigenvalue weighted by atomic mass is 35.5. The van der Waals surface area contributed by atoms with E-state index < -0.39 is 5.54 Å². The van der Waals surface area contributed by atoms with E-state index in [4.69, 9.17) is 23.2 Å². The summed E-state index contributed by atoms with van der Waals surface area (Å²) in [5.41, 5.74) is -0.216. The summed E-state index contributed by atoms with van der Waals surface area (Å²) >= 11 is 11.8. The number of nitrogens with zero attached hydrogens (tertiary/aromatic N) is 1. The highest BCUT2D eigenvalue weighted by Gasteiger charge is 2.51. The predicted octanol–water partition coefficient (Wildman–Crippen LogP) is 3.58. The van der Waals surface area contributed by atoms with E-state index in [9.17, 15) is 14.4 Å². The topological polar surface area (TPSA) is 78.5 Å². The zero-order valence-corrected chi connectivity index (χ0v) is 15.1. The average molecular weight is 384 g/mol. The van der Waals surface area contributed by atoms with Crippen LogP contribution >= 0.6 is 23.2 Å². The standard InChI is InChI=1S/C17H19Cl2N3O3/c18-11-5-6-13(12(19)10-11)20-14(23)4-3-9-22-15(24)17(21-16(22)25)7-1-2-8-17/h5-6,10H,1-4,7-9H2,(H,20,23)(H,21,25). The smallest absolute Gasteiger partial charge is 0.325 e. The van der Waals surface area contributed by atoms with Gasteiger partial charge >= 0.3 is 6.03 Å². The number of rotatable bonds is 5. The lowest BCUT2D eigenvalue weighted by Crippen LogP contribution is -2.44. The van der Waals surface area contributed by atoms with Gasteiger partial charge in [0.1, 0.15) is 5.54 Å². The fourth-order valence-electron chi connectivity index (χ4n) is 3.40. The third-order valence-corrected chi connectivity index (χ3v) is 5.24. The number of hydrogen-bond acceptors (Lipinski definition) is 3. The van der Waals surface area contributed by atoms with Crippen molar-refractivity contribution in [1.82, 2.24) is 10.2 Å². The van der Waals surface area contributed by atoms with E-state index in [1.54, 1.807) is 18.2 Å². The average Bonchev–Trinajstić information content (AvgIpc) is 3.11. The Hall–Kier alpha value is -1.79. The number of carbonyl (C=O) groups excluding carboxylic acids is 3. The van der Waals surface area contributed by atoms with Gasteiger partial charge in [0, 0.05) is 18.0 Å². The Balaban J connectivity index is 1.50. The first kappa shape index (κ1) is 18.0. The van der Waals surface area contributed by atoms with Crippen LogP contribution in [0.3, 0.4) is 0 Å². The minimum absolute atomic E-state index is 0.156. The number of amides is 4. The molecule has 2 fully saturated rings. The summed E-state index contributed by atoms with van der Waals surface area (Å²) in [6, 6.07) is 4.46. The highest BCUT2D eigenvalue weighted by Crippen LogP contribution is 2.35. The fraction of sp³-hybridized carbons (Fsp3) is 0.471. The molecule has 8 heteroatoms. The van der Waals surface area contributed by atoms with E-state index in [2.05, 4.69) is 10.6 Å². The van der Waals surface area contributed by atoms with Crippen LogP contribution in [0.15, 0.2) is 18.2 Å². The van der Waals surface area contributed by atoms with Crippen molar-refractivity contribution in [2.45, 2.75) is 44.1 Å². The molecule has 2 N–H and O–H groups in total. The van der Waals surface area contributed by atoms with E-state index in [-0.39, 0.29) is 30.8 Å². The van der Waals surface area contributed by atoms with Gasteiger partial charge in [-0.3, -0.25) is 14.5 Å². The zero-order chi connectivity index (χ0) is 18.0. The first-order valence-electron chi connectivity index (χ1n) is 8.30. The van der Waals surface area contributed by atoms with Crippen LogP contribution in [0.4, 0.5) is 10.5 Å². The second kappa shape index (κ2) is 7.22. The molecule has 1 spiro atoms. The summed E-state index contributed by atoms with van der Waals surface area (Å²) in [5, 5.41) is 6.37. The van der Waals surface area contributed by atoms with Gasteiger partial charge in [0.25, 0.3) is 5.91 Å². The lowest BCUT2D eigenvalue weighted by Gasteiger charge is -2.19. The Bertz CT molecular complexity index is 717. The minimum atomic E-state index is -0.698. The van der Waals surface area contributed by atoms with Gasteiger partial charge in [-0.2, -0.15) is 0 Å². The Morgan fingerprint density at radius 2 is 1.96 bits per heavy atom. The fourth-order valence-corrected chi connectivity index (χ4v) is 3.85. The van der Waals surface area contributed by atoms with E-state index >= 15 is 0 Å². The number of hydrogen-bond donors (Lipinski definition) is 2. The van der Waals surface area contributed by atoms with Gasteiger partial charge in [0.05, 0.1) is 10.7 Å². The lowest BCUT2D eigenvalue weighted by molar-refractivity contribution is -0.131. The second-order valence-corrected chi connectivity index (χ2v) is 7.30. The maximum Gasteiger partial charge on any atom is 0.325 e. The number of carbonyl (C=O) groups is 3. The molecule has 0 bridgehead atoms. The molecule has 0 atom stereocenters. The molecule has 134 valence electrons. The Morgan fingerprint density at radius 1 is 1.24 bits per heavy atom. The second-order valence-electron chi connectivity index (χ2n) is 6.45. The third-order valence-electron chi connectivity index (χ3n) is 4.69. The van der Waals surface area contributed by atoms with Gasteiger partial charge in [-0.15, -0.1) is 0 Å². The summed E-state index contributed by atoms with van der Waals surface area (Å²) < 4.78 is 0. The number of nitrogens with one attached hydrogen (secondary N) is 2. The quantitative estimate of drug-likeness (QED) is 0.762. The summed E-state index contributed by atoms with van der Waals surface area (Å²) in [6.45, 7) is 0.230. The van der Waals surface area contributed by atoms with Crippen LogP contribution in [0, 0.1) is 0 Å². The molecule has 25 heavy (non-hydrogen) atoms. The maximum absolute atomic E-state index is 12.5. The first-order chi connectivity index (χ1) is 11.9. The SMILES string of the molecule is O=C(CCCN1C(=O)NC2(CCCC2)C1=O)Nc1ccc(Cl)cc1Cl. The number of halogens is 2. The van der Waals surface area contributed by atoms with E-state index in [0.717, 1.165) is 12.8 Å². The van der Waals surface area contributed by atoms with Gasteiger partial charge in [-0.05, 0) is 37.5 Å². The largest absolute Gasteiger partial charge is 0.325 e. The Labute approximate surface area is 155 Å². The summed E-state index contributed by atoms with van der Waals surface area (Å²) in [4.78, 5) is 37.8. The molecule has 3 rings (SSSR count). The summed E-state index contributed by atoms with van der Waals surface area (Å²) in [5.74, 6) is -0.386. The number of urea groups is 1. The summed E-state index contributed by atoms with van der Waals surface area (Å²) in [6.07, 6.45) is 3.87. The first-order valence-corrected chi connectivity index (χ1v) is 9.06. The monoisotopic (exact) mass is 383 g/mol. The molecule has 1 aliphatic carbocycles. The zero-order valence-electron chi connectivity index (χ0n) is 13.6. The van der Waals surface area contributed by atoms with Crippen LogP contribution < -0.4 is 10.6 Å². The van der Waals surface area contributed by atoms with E-state index in [1.165, 1.54) is 4.90 Å². The normalized spacial score (nSPS) is 18.7. The lowest BCUT2D eigenvalue weighted by atomic mass is 9.98. The van der Waals surface area contributed by atoms with Crippen molar-refractivity contribution in [3.8, 4) is 0 Å². The van der Waals surface area contributed by atoms with Crippen LogP contribution in [0.5, 0.6) is 0 Å². The molecular weight excluding hydrogens is 365 g/mol. The highest BCUT2D eigenvalue weighted by molar-refractivity contribution is 6.36. The van der Waals surface area contributed by atoms with Gasteiger partial charge in [0.2, 0.25) is 5.91 Å². The van der Waals surface area contributed by atoms with Crippen LogP contribution in [0.1, 0.15) is 38.5 Å². The van der Waals surface area contributed by atoms with E-state index in [1.807, 2.05) is 0 Å². The van der Waals surface area contributed by atoms with Gasteiger partial charge < -0.3 is 10.6 Å². The molecule has 4 amide bonds. The Morgan fingerprint density at radius 3 is 2.64 bits per heavy atom. The van der Waals surface area contributed by atoms with E-state index in [0.29, 0.717) is 35.0 Å². The molecule has 0 aromatic heterocycles. The number of benzene rings is 1. The molecule has 1 aromatic carbocycles. The molecule has 1 heterocycles. The predicted molar refractivity (Wildman–Crippen MR) is 95.8 cm³/mol. The molecule has 1 aromatic rings. The molecule has 2 aliphatic rings. The minimum Gasteiger partial charge on any atom is -0.325 e. The van der Waals surface area contributed by atoms with Crippen LogP contribution in [-0.4, -0.2) is 34.8 Å². The molecule has 0 unspecified atom stereocenters. The van der Waals surface area contributed by atoms with Crippen LogP contribution in [0.2, 0.25) is 10.0 Å². The van der Waals surface area contributed by atoms with Crippen molar-refractivity contribution >= 4 is 46.7 Å². The molecule has 1 saturated carbocycles. The van der Waals surface area contributed by atoms with Crippen molar-refractivity contribution in [3.05, 3.63) is 28.2 Å². The van der Waals surface area contributed by atoms with Crippen molar-refractivity contribution in [1.29, 1.82) is 0 Å². The molecule has 6 nitrogen and oxygen atoms in total. The third kappa shape index (κ3) is 3.75. The molecule has 1 aliphatic heterocycles. The van der Waals surface area contributed by atoms with Crippen molar-refractivity contribution in [3.63, 3.8) is 0 Å². The number of imide groups is 1. The number of anilines is 1. The van der Waals surface area contributed by atoms with Gasteiger partial charge in [-0.25, -0.2) is 4.79 Å². The van der Waals surface area contributed by atoms with Crippen molar-refractivity contribution in [2.24, 2.45) is 0 Å². The van der Waals surface area contributed by atoms with Crippen LogP contribution in [0.25, 0.3) is 0 Å². The molecular formula is C17H19Cl2N3O3. The maximum atomic E-state index is 12.5. The van der Waals surface area contributed by atoms with Gasteiger partial charge in [0.15, 0.2) is 0 Å². The van der Waals surface area contributed by atoms with Crippen LogP contribution in [-0.2, 0) is 9.59 Å².